The van der Waals surface area contributed by atoms with Crippen LogP contribution in [0.5, 0.6) is 0 Å². The number of fused-ring (bicyclic) bond motifs is 1. The van der Waals surface area contributed by atoms with Crippen molar-refractivity contribution < 1.29 is 4.42 Å². The first-order valence-electron chi connectivity index (χ1n) is 7.90. The average Bonchev–Trinajstić information content (AvgIpc) is 2.95. The summed E-state index contributed by atoms with van der Waals surface area (Å²) in [6.07, 6.45) is 4.21. The molecule has 1 aromatic heterocycles. The molecule has 1 aliphatic rings. The molecule has 2 aromatic rings. The highest BCUT2D eigenvalue weighted by molar-refractivity contribution is 5.56. The fraction of sp³-hybridized carbons (Fsp3) is 0.444. The van der Waals surface area contributed by atoms with Gasteiger partial charge in [0.1, 0.15) is 5.76 Å². The summed E-state index contributed by atoms with van der Waals surface area (Å²) in [6, 6.07) is 11.5. The van der Waals surface area contributed by atoms with Gasteiger partial charge in [-0.2, -0.15) is 0 Å². The summed E-state index contributed by atoms with van der Waals surface area (Å²) in [4.78, 5) is 2.51. The van der Waals surface area contributed by atoms with Gasteiger partial charge in [0.2, 0.25) is 0 Å². The van der Waals surface area contributed by atoms with E-state index in [0.29, 0.717) is 6.04 Å². The largest absolute Gasteiger partial charge is 0.468 e. The Bertz CT molecular complexity index is 590. The molecule has 0 saturated heterocycles. The van der Waals surface area contributed by atoms with Gasteiger partial charge in [-0.25, -0.2) is 0 Å². The van der Waals surface area contributed by atoms with Crippen LogP contribution in [0.15, 0.2) is 41.0 Å². The summed E-state index contributed by atoms with van der Waals surface area (Å²) in [6.45, 7) is 7.13. The molecular formula is C18H24N2O. The smallest absolute Gasteiger partial charge is 0.122 e. The van der Waals surface area contributed by atoms with Crippen LogP contribution in [-0.4, -0.2) is 12.6 Å². The molecule has 0 amide bonds. The highest BCUT2D eigenvalue weighted by Crippen LogP contribution is 2.32. The van der Waals surface area contributed by atoms with Crippen LogP contribution in [-0.2, 0) is 19.5 Å². The van der Waals surface area contributed by atoms with Crippen molar-refractivity contribution in [2.75, 3.05) is 11.4 Å². The SMILES string of the molecule is CCNCc1occc1CN1c2ccccc2CCC1C. The molecule has 3 nitrogen and oxygen atoms in total. The first-order chi connectivity index (χ1) is 10.3. The third kappa shape index (κ3) is 2.98. The maximum atomic E-state index is 5.64. The normalized spacial score (nSPS) is 17.8. The molecule has 0 spiro atoms. The Labute approximate surface area is 127 Å². The van der Waals surface area contributed by atoms with Gasteiger partial charge in [0.15, 0.2) is 0 Å². The molecule has 3 rings (SSSR count). The van der Waals surface area contributed by atoms with E-state index < -0.39 is 0 Å². The van der Waals surface area contributed by atoms with Crippen LogP contribution in [0.4, 0.5) is 5.69 Å². The lowest BCUT2D eigenvalue weighted by Crippen LogP contribution is -2.36. The van der Waals surface area contributed by atoms with Crippen molar-refractivity contribution in [2.45, 2.75) is 45.8 Å². The van der Waals surface area contributed by atoms with Crippen molar-refractivity contribution in [1.29, 1.82) is 0 Å². The maximum absolute atomic E-state index is 5.64. The highest BCUT2D eigenvalue weighted by atomic mass is 16.3. The number of para-hydroxylation sites is 1. The molecule has 1 N–H and O–H groups in total. The van der Waals surface area contributed by atoms with E-state index in [2.05, 4.69) is 54.4 Å². The van der Waals surface area contributed by atoms with Gasteiger partial charge in [0, 0.05) is 23.8 Å². The lowest BCUT2D eigenvalue weighted by molar-refractivity contribution is 0.478. The molecular weight excluding hydrogens is 260 g/mol. The average molecular weight is 284 g/mol. The molecule has 2 heterocycles. The topological polar surface area (TPSA) is 28.4 Å². The van der Waals surface area contributed by atoms with Crippen molar-refractivity contribution in [3.05, 3.63) is 53.5 Å². The number of anilines is 1. The van der Waals surface area contributed by atoms with E-state index in [1.165, 1.54) is 29.7 Å². The Morgan fingerprint density at radius 2 is 2.14 bits per heavy atom. The molecule has 0 fully saturated rings. The third-order valence-electron chi connectivity index (χ3n) is 4.38. The van der Waals surface area contributed by atoms with Crippen LogP contribution in [0.1, 0.15) is 37.2 Å². The van der Waals surface area contributed by atoms with Crippen LogP contribution >= 0.6 is 0 Å². The molecule has 1 atom stereocenters. The Morgan fingerprint density at radius 1 is 1.29 bits per heavy atom. The number of furan rings is 1. The second-order valence-corrected chi connectivity index (χ2v) is 5.79. The van der Waals surface area contributed by atoms with Crippen molar-refractivity contribution in [3.8, 4) is 0 Å². The van der Waals surface area contributed by atoms with E-state index in [1.807, 2.05) is 6.26 Å². The fourth-order valence-corrected chi connectivity index (χ4v) is 3.09. The molecule has 1 aliphatic heterocycles. The molecule has 0 bridgehead atoms. The molecule has 21 heavy (non-hydrogen) atoms. The van der Waals surface area contributed by atoms with Crippen molar-refractivity contribution in [3.63, 3.8) is 0 Å². The first kappa shape index (κ1) is 14.2. The minimum atomic E-state index is 0.571. The predicted octanol–water partition coefficient (Wildman–Crippen LogP) is 3.73. The van der Waals surface area contributed by atoms with Gasteiger partial charge in [-0.3, -0.25) is 0 Å². The van der Waals surface area contributed by atoms with E-state index in [0.717, 1.165) is 25.4 Å². The molecule has 112 valence electrons. The standard InChI is InChI=1S/C18H24N2O/c1-3-19-12-18-16(10-11-21-18)13-20-14(2)8-9-15-6-4-5-7-17(15)20/h4-7,10-11,14,19H,3,8-9,12-13H2,1-2H3. The number of hydrogen-bond donors (Lipinski definition) is 1. The van der Waals surface area contributed by atoms with Crippen LogP contribution in [0.3, 0.4) is 0 Å². The van der Waals surface area contributed by atoms with Crippen LogP contribution in [0, 0.1) is 0 Å². The van der Waals surface area contributed by atoms with E-state index >= 15 is 0 Å². The van der Waals surface area contributed by atoms with Crippen LogP contribution < -0.4 is 10.2 Å². The van der Waals surface area contributed by atoms with E-state index in [1.54, 1.807) is 0 Å². The fourth-order valence-electron chi connectivity index (χ4n) is 3.09. The van der Waals surface area contributed by atoms with E-state index in [9.17, 15) is 0 Å². The van der Waals surface area contributed by atoms with Gasteiger partial charge >= 0.3 is 0 Å². The quantitative estimate of drug-likeness (QED) is 0.907. The second kappa shape index (κ2) is 6.35. The summed E-state index contributed by atoms with van der Waals surface area (Å²) in [7, 11) is 0. The molecule has 0 radical (unpaired) electrons. The molecule has 0 saturated carbocycles. The van der Waals surface area contributed by atoms with Gasteiger partial charge in [-0.15, -0.1) is 0 Å². The Kier molecular flexibility index (Phi) is 4.30. The lowest BCUT2D eigenvalue weighted by Gasteiger charge is -2.37. The Hall–Kier alpha value is -1.74. The molecule has 1 unspecified atom stereocenters. The predicted molar refractivity (Wildman–Crippen MR) is 86.5 cm³/mol. The number of hydrogen-bond acceptors (Lipinski definition) is 3. The summed E-state index contributed by atoms with van der Waals surface area (Å²) < 4.78 is 5.64. The molecule has 0 aliphatic carbocycles. The van der Waals surface area contributed by atoms with E-state index in [-0.39, 0.29) is 0 Å². The van der Waals surface area contributed by atoms with Gasteiger partial charge in [-0.1, -0.05) is 25.1 Å². The summed E-state index contributed by atoms with van der Waals surface area (Å²) >= 11 is 0. The molecule has 1 aromatic carbocycles. The zero-order chi connectivity index (χ0) is 14.7. The number of benzene rings is 1. The van der Waals surface area contributed by atoms with Gasteiger partial charge in [0.05, 0.1) is 12.8 Å². The second-order valence-electron chi connectivity index (χ2n) is 5.79. The number of nitrogens with one attached hydrogen (secondary N) is 1. The van der Waals surface area contributed by atoms with Gasteiger partial charge in [0.25, 0.3) is 0 Å². The summed E-state index contributed by atoms with van der Waals surface area (Å²) in [5.74, 6) is 1.06. The zero-order valence-electron chi connectivity index (χ0n) is 12.9. The number of nitrogens with zero attached hydrogens (tertiary/aromatic N) is 1. The Morgan fingerprint density at radius 3 is 3.00 bits per heavy atom. The summed E-state index contributed by atoms with van der Waals surface area (Å²) in [5, 5.41) is 3.35. The van der Waals surface area contributed by atoms with Gasteiger partial charge in [-0.05, 0) is 44.0 Å². The lowest BCUT2D eigenvalue weighted by atomic mass is 9.96. The van der Waals surface area contributed by atoms with Crippen molar-refractivity contribution in [2.24, 2.45) is 0 Å². The number of rotatable bonds is 5. The number of aryl methyl sites for hydroxylation is 1. The minimum Gasteiger partial charge on any atom is -0.468 e. The van der Waals surface area contributed by atoms with Crippen molar-refractivity contribution >= 4 is 5.69 Å². The Balaban J connectivity index is 1.83. The minimum absolute atomic E-state index is 0.571. The van der Waals surface area contributed by atoms with Gasteiger partial charge < -0.3 is 14.6 Å². The van der Waals surface area contributed by atoms with Crippen LogP contribution in [0.2, 0.25) is 0 Å². The monoisotopic (exact) mass is 284 g/mol. The summed E-state index contributed by atoms with van der Waals surface area (Å²) in [5.41, 5.74) is 4.14. The highest BCUT2D eigenvalue weighted by Gasteiger charge is 2.23. The third-order valence-corrected chi connectivity index (χ3v) is 4.38. The zero-order valence-corrected chi connectivity index (χ0v) is 12.9. The molecule has 3 heteroatoms. The maximum Gasteiger partial charge on any atom is 0.122 e. The van der Waals surface area contributed by atoms with E-state index in [4.69, 9.17) is 4.42 Å². The van der Waals surface area contributed by atoms with Crippen molar-refractivity contribution in [1.82, 2.24) is 5.32 Å². The van der Waals surface area contributed by atoms with Crippen LogP contribution in [0.25, 0.3) is 0 Å². The first-order valence-corrected chi connectivity index (χ1v) is 7.90.